The molecule has 2 aromatic rings. The van der Waals surface area contributed by atoms with E-state index >= 15 is 0 Å². The van der Waals surface area contributed by atoms with Crippen molar-refractivity contribution in [2.75, 3.05) is 5.73 Å². The molecule has 0 aliphatic heterocycles. The zero-order valence-corrected chi connectivity index (χ0v) is 11.5. The highest BCUT2D eigenvalue weighted by Gasteiger charge is 2.04. The number of nitrogens with two attached hydrogens (primary N) is 1. The van der Waals surface area contributed by atoms with Gasteiger partial charge in [0, 0.05) is 12.6 Å². The summed E-state index contributed by atoms with van der Waals surface area (Å²) in [6.45, 7) is 4.18. The van der Waals surface area contributed by atoms with Crippen molar-refractivity contribution in [3.8, 4) is 0 Å². The van der Waals surface area contributed by atoms with Gasteiger partial charge in [-0.25, -0.2) is 9.97 Å². The lowest BCUT2D eigenvalue weighted by atomic mass is 10.0. The fourth-order valence-corrected chi connectivity index (χ4v) is 2.05. The molecule has 2 N–H and O–H groups in total. The fraction of sp³-hybridized carbons (Fsp3) is 0.231. The molecule has 2 rings (SSSR count). The Morgan fingerprint density at radius 2 is 1.82 bits per heavy atom. The van der Waals surface area contributed by atoms with Crippen molar-refractivity contribution in [2.24, 2.45) is 0 Å². The number of halogens is 1. The lowest BCUT2D eigenvalue weighted by Crippen LogP contribution is -2.01. The Morgan fingerprint density at radius 1 is 1.18 bits per heavy atom. The minimum Gasteiger partial charge on any atom is -0.383 e. The molecule has 1 aromatic heterocycles. The van der Waals surface area contributed by atoms with Gasteiger partial charge in [-0.15, -0.1) is 0 Å². The number of aryl methyl sites for hydroxylation is 2. The molecule has 0 unspecified atom stereocenters. The van der Waals surface area contributed by atoms with Crippen LogP contribution in [0, 0.1) is 13.8 Å². The van der Waals surface area contributed by atoms with Gasteiger partial charge in [-0.05, 0) is 35.3 Å². The Morgan fingerprint density at radius 3 is 2.41 bits per heavy atom. The van der Waals surface area contributed by atoms with E-state index in [1.807, 2.05) is 0 Å². The van der Waals surface area contributed by atoms with Crippen LogP contribution in [-0.4, -0.2) is 9.97 Å². The van der Waals surface area contributed by atoms with Gasteiger partial charge in [0.25, 0.3) is 0 Å². The van der Waals surface area contributed by atoms with E-state index in [4.69, 9.17) is 5.73 Å². The van der Waals surface area contributed by atoms with Gasteiger partial charge < -0.3 is 5.73 Å². The van der Waals surface area contributed by atoms with Crippen LogP contribution in [0.2, 0.25) is 0 Å². The summed E-state index contributed by atoms with van der Waals surface area (Å²) in [5.41, 5.74) is 9.46. The van der Waals surface area contributed by atoms with E-state index in [1.54, 1.807) is 6.20 Å². The van der Waals surface area contributed by atoms with Gasteiger partial charge in [0.05, 0.1) is 4.47 Å². The molecule has 0 spiro atoms. The summed E-state index contributed by atoms with van der Waals surface area (Å²) >= 11 is 3.29. The topological polar surface area (TPSA) is 51.8 Å². The van der Waals surface area contributed by atoms with Crippen molar-refractivity contribution in [3.63, 3.8) is 0 Å². The minimum absolute atomic E-state index is 0.486. The van der Waals surface area contributed by atoms with E-state index < -0.39 is 0 Å². The van der Waals surface area contributed by atoms with Crippen molar-refractivity contribution < 1.29 is 0 Å². The van der Waals surface area contributed by atoms with Gasteiger partial charge in [-0.2, -0.15) is 0 Å². The van der Waals surface area contributed by atoms with Crippen LogP contribution in [0.5, 0.6) is 0 Å². The summed E-state index contributed by atoms with van der Waals surface area (Å²) in [6.07, 6.45) is 2.40. The molecular weight excluding hydrogens is 278 g/mol. The first-order valence-corrected chi connectivity index (χ1v) is 6.18. The number of rotatable bonds is 2. The molecule has 0 atom stereocenters. The fourth-order valence-electron chi connectivity index (χ4n) is 1.86. The molecule has 17 heavy (non-hydrogen) atoms. The first-order chi connectivity index (χ1) is 8.04. The number of aromatic nitrogens is 2. The second kappa shape index (κ2) is 4.84. The summed E-state index contributed by atoms with van der Waals surface area (Å²) in [4.78, 5) is 8.50. The van der Waals surface area contributed by atoms with Crippen molar-refractivity contribution in [3.05, 3.63) is 51.4 Å². The summed E-state index contributed by atoms with van der Waals surface area (Å²) in [5.74, 6) is 1.23. The van der Waals surface area contributed by atoms with E-state index in [9.17, 15) is 0 Å². The number of benzene rings is 1. The van der Waals surface area contributed by atoms with Crippen LogP contribution in [0.25, 0.3) is 0 Å². The van der Waals surface area contributed by atoms with Crippen LogP contribution in [0.15, 0.2) is 28.9 Å². The van der Waals surface area contributed by atoms with Gasteiger partial charge in [0.1, 0.15) is 11.6 Å². The highest BCUT2D eigenvalue weighted by molar-refractivity contribution is 9.10. The molecule has 1 heterocycles. The van der Waals surface area contributed by atoms with E-state index in [0.29, 0.717) is 12.2 Å². The van der Waals surface area contributed by atoms with Gasteiger partial charge in [-0.3, -0.25) is 0 Å². The van der Waals surface area contributed by atoms with E-state index in [0.717, 1.165) is 10.3 Å². The molecule has 3 nitrogen and oxygen atoms in total. The quantitative estimate of drug-likeness (QED) is 0.925. The minimum atomic E-state index is 0.486. The Balaban J connectivity index is 2.28. The molecule has 0 bridgehead atoms. The van der Waals surface area contributed by atoms with Gasteiger partial charge in [0.2, 0.25) is 0 Å². The van der Waals surface area contributed by atoms with Crippen molar-refractivity contribution in [1.82, 2.24) is 9.97 Å². The maximum atomic E-state index is 5.74. The Kier molecular flexibility index (Phi) is 3.43. The molecular formula is C13H14BrN3. The number of anilines is 1. The molecule has 0 saturated heterocycles. The molecule has 0 amide bonds. The van der Waals surface area contributed by atoms with Crippen LogP contribution in [0.4, 0.5) is 5.82 Å². The molecule has 4 heteroatoms. The van der Waals surface area contributed by atoms with Gasteiger partial charge >= 0.3 is 0 Å². The van der Waals surface area contributed by atoms with Gasteiger partial charge in [-0.1, -0.05) is 29.3 Å². The third-order valence-electron chi connectivity index (χ3n) is 2.46. The second-order valence-corrected chi connectivity index (χ2v) is 5.05. The lowest BCUT2D eigenvalue weighted by Gasteiger charge is -2.05. The predicted octanol–water partition coefficient (Wildman–Crippen LogP) is 3.03. The summed E-state index contributed by atoms with van der Waals surface area (Å²) in [7, 11) is 0. The van der Waals surface area contributed by atoms with Crippen LogP contribution < -0.4 is 5.73 Å². The maximum Gasteiger partial charge on any atom is 0.141 e. The molecule has 1 aromatic carbocycles. The third-order valence-corrected chi connectivity index (χ3v) is 3.08. The van der Waals surface area contributed by atoms with E-state index in [1.165, 1.54) is 16.7 Å². The molecule has 0 saturated carbocycles. The SMILES string of the molecule is Cc1cc(C)cc(Cc2ncc(Br)c(N)n2)c1. The average molecular weight is 292 g/mol. The molecule has 88 valence electrons. The molecule has 0 radical (unpaired) electrons. The van der Waals surface area contributed by atoms with E-state index in [-0.39, 0.29) is 0 Å². The Hall–Kier alpha value is -1.42. The van der Waals surface area contributed by atoms with Crippen molar-refractivity contribution >= 4 is 21.7 Å². The monoisotopic (exact) mass is 291 g/mol. The summed E-state index contributed by atoms with van der Waals surface area (Å²) in [5, 5.41) is 0. The Bertz CT molecular complexity index is 532. The van der Waals surface area contributed by atoms with Crippen LogP contribution >= 0.6 is 15.9 Å². The first-order valence-electron chi connectivity index (χ1n) is 5.38. The standard InChI is InChI=1S/C13H14BrN3/c1-8-3-9(2)5-10(4-8)6-12-16-7-11(14)13(15)17-12/h3-5,7H,6H2,1-2H3,(H2,15,16,17). The zero-order valence-electron chi connectivity index (χ0n) is 9.87. The zero-order chi connectivity index (χ0) is 12.4. The second-order valence-electron chi connectivity index (χ2n) is 4.19. The normalized spacial score (nSPS) is 10.5. The Labute approximate surface area is 109 Å². The molecule has 0 fully saturated rings. The van der Waals surface area contributed by atoms with Crippen molar-refractivity contribution in [1.29, 1.82) is 0 Å². The highest BCUT2D eigenvalue weighted by Crippen LogP contribution is 2.17. The molecule has 0 aliphatic carbocycles. The molecule has 0 aliphatic rings. The highest BCUT2D eigenvalue weighted by atomic mass is 79.9. The van der Waals surface area contributed by atoms with Gasteiger partial charge in [0.15, 0.2) is 0 Å². The number of nitrogen functional groups attached to an aromatic ring is 1. The number of hydrogen-bond donors (Lipinski definition) is 1. The predicted molar refractivity (Wildman–Crippen MR) is 72.9 cm³/mol. The van der Waals surface area contributed by atoms with Crippen molar-refractivity contribution in [2.45, 2.75) is 20.3 Å². The smallest absolute Gasteiger partial charge is 0.141 e. The van der Waals surface area contributed by atoms with E-state index in [2.05, 4.69) is 57.9 Å². The third kappa shape index (κ3) is 3.03. The van der Waals surface area contributed by atoms with Crippen LogP contribution in [-0.2, 0) is 6.42 Å². The van der Waals surface area contributed by atoms with Crippen LogP contribution in [0.3, 0.4) is 0 Å². The number of nitrogens with zero attached hydrogens (tertiary/aromatic N) is 2. The van der Waals surface area contributed by atoms with Crippen LogP contribution in [0.1, 0.15) is 22.5 Å². The first kappa shape index (κ1) is 12.0. The average Bonchev–Trinajstić information content (AvgIpc) is 2.22. The largest absolute Gasteiger partial charge is 0.383 e. The summed E-state index contributed by atoms with van der Waals surface area (Å²) in [6, 6.07) is 6.45. The summed E-state index contributed by atoms with van der Waals surface area (Å²) < 4.78 is 0.738. The maximum absolute atomic E-state index is 5.74. The number of hydrogen-bond acceptors (Lipinski definition) is 3. The lowest BCUT2D eigenvalue weighted by molar-refractivity contribution is 0.965.